The van der Waals surface area contributed by atoms with Crippen LogP contribution in [0.3, 0.4) is 0 Å². The van der Waals surface area contributed by atoms with E-state index >= 15 is 0 Å². The summed E-state index contributed by atoms with van der Waals surface area (Å²) < 4.78 is 4.12. The zero-order valence-corrected chi connectivity index (χ0v) is 15.5. The topological polar surface area (TPSA) is 55.0 Å². The van der Waals surface area contributed by atoms with Crippen LogP contribution in [0, 0.1) is 5.92 Å². The number of aryl methyl sites for hydroxylation is 1. The maximum Gasteiger partial charge on any atom is 0.137 e. The lowest BCUT2D eigenvalue weighted by molar-refractivity contribution is 0.0706. The van der Waals surface area contributed by atoms with Crippen LogP contribution >= 0.6 is 0 Å². The van der Waals surface area contributed by atoms with Gasteiger partial charge in [-0.05, 0) is 32.6 Å². The molecule has 25 heavy (non-hydrogen) atoms. The molecular weight excluding hydrogens is 314 g/mol. The minimum Gasteiger partial charge on any atom is -0.337 e. The van der Waals surface area contributed by atoms with Gasteiger partial charge in [-0.2, -0.15) is 5.10 Å². The van der Waals surface area contributed by atoms with Crippen molar-refractivity contribution in [1.29, 1.82) is 0 Å². The summed E-state index contributed by atoms with van der Waals surface area (Å²) >= 11 is 0. The number of hydrogen-bond acceptors (Lipinski definition) is 5. The van der Waals surface area contributed by atoms with Crippen molar-refractivity contribution in [1.82, 2.24) is 34.1 Å². The molecule has 7 heteroatoms. The lowest BCUT2D eigenvalue weighted by Crippen LogP contribution is -2.49. The summed E-state index contributed by atoms with van der Waals surface area (Å²) in [6.07, 6.45) is 9.91. The number of hydrogen-bond donors (Lipinski definition) is 0. The number of aromatic nitrogens is 5. The lowest BCUT2D eigenvalue weighted by atomic mass is 9.92. The molecule has 0 bridgehead atoms. The summed E-state index contributed by atoms with van der Waals surface area (Å²) in [4.78, 5) is 13.9. The van der Waals surface area contributed by atoms with E-state index in [1.165, 1.54) is 19.4 Å². The van der Waals surface area contributed by atoms with Crippen LogP contribution in [0.2, 0.25) is 0 Å². The van der Waals surface area contributed by atoms with Crippen molar-refractivity contribution in [2.75, 3.05) is 13.1 Å². The molecule has 0 aliphatic carbocycles. The third-order valence-corrected chi connectivity index (χ3v) is 5.90. The molecule has 0 aromatic carbocycles. The lowest BCUT2D eigenvalue weighted by Gasteiger charge is -2.40. The van der Waals surface area contributed by atoms with Crippen molar-refractivity contribution in [2.45, 2.75) is 57.9 Å². The average molecular weight is 343 g/mol. The molecule has 0 radical (unpaired) electrons. The number of imidazole rings is 1. The average Bonchev–Trinajstić information content (AvgIpc) is 3.28. The fourth-order valence-corrected chi connectivity index (χ4v) is 4.87. The van der Waals surface area contributed by atoms with E-state index in [9.17, 15) is 0 Å². The van der Waals surface area contributed by atoms with E-state index in [-0.39, 0.29) is 0 Å². The van der Waals surface area contributed by atoms with E-state index in [2.05, 4.69) is 50.3 Å². The predicted octanol–water partition coefficient (Wildman–Crippen LogP) is 1.38. The Bertz CT molecular complexity index is 677. The van der Waals surface area contributed by atoms with E-state index in [0.29, 0.717) is 18.1 Å². The number of piperidine rings is 1. The highest BCUT2D eigenvalue weighted by Crippen LogP contribution is 2.37. The Balaban J connectivity index is 1.44. The predicted molar refractivity (Wildman–Crippen MR) is 95.8 cm³/mol. The normalized spacial score (nSPS) is 27.9. The van der Waals surface area contributed by atoms with Gasteiger partial charge in [0.1, 0.15) is 18.5 Å². The monoisotopic (exact) mass is 343 g/mol. The Hall–Kier alpha value is -1.73. The van der Waals surface area contributed by atoms with Crippen molar-refractivity contribution in [3.05, 3.63) is 30.9 Å². The van der Waals surface area contributed by atoms with Gasteiger partial charge < -0.3 is 4.57 Å². The van der Waals surface area contributed by atoms with Gasteiger partial charge in [-0.25, -0.2) is 9.97 Å². The highest BCUT2D eigenvalue weighted by Gasteiger charge is 2.44. The molecule has 2 fully saturated rings. The maximum atomic E-state index is 4.50. The van der Waals surface area contributed by atoms with Crippen molar-refractivity contribution in [3.8, 4) is 0 Å². The summed E-state index contributed by atoms with van der Waals surface area (Å²) in [5.74, 6) is 1.90. The van der Waals surface area contributed by atoms with Crippen molar-refractivity contribution >= 4 is 0 Å². The largest absolute Gasteiger partial charge is 0.337 e. The molecule has 136 valence electrons. The molecule has 2 aliphatic rings. The quantitative estimate of drug-likeness (QED) is 0.821. The first-order valence-corrected chi connectivity index (χ1v) is 9.40. The second-order valence-corrected chi connectivity index (χ2v) is 7.85. The first kappa shape index (κ1) is 16.7. The first-order chi connectivity index (χ1) is 12.1. The minimum atomic E-state index is 0.560. The smallest absolute Gasteiger partial charge is 0.137 e. The van der Waals surface area contributed by atoms with Crippen LogP contribution in [0.15, 0.2) is 25.0 Å². The van der Waals surface area contributed by atoms with Gasteiger partial charge in [0.2, 0.25) is 0 Å². The molecule has 2 saturated heterocycles. The molecule has 0 saturated carbocycles. The standard InChI is InChI=1S/C18H29N7/c1-14(2)25-16(10-24-13-19-12-21-24)8-15-9-23(6-4-17(15)25)11-18-20-5-7-22(18)3/h5,7,12-17H,4,6,8-11H2,1-3H3/t15-,16+,17+/m1/s1. The van der Waals surface area contributed by atoms with Crippen LogP contribution in [0.25, 0.3) is 0 Å². The molecule has 4 rings (SSSR count). The highest BCUT2D eigenvalue weighted by molar-refractivity contribution is 5.00. The van der Waals surface area contributed by atoms with Gasteiger partial charge in [0.15, 0.2) is 0 Å². The molecule has 7 nitrogen and oxygen atoms in total. The summed E-state index contributed by atoms with van der Waals surface area (Å²) in [5, 5.41) is 4.32. The Morgan fingerprint density at radius 2 is 2.20 bits per heavy atom. The van der Waals surface area contributed by atoms with Crippen LogP contribution in [0.1, 0.15) is 32.5 Å². The van der Waals surface area contributed by atoms with Crippen molar-refractivity contribution < 1.29 is 0 Å². The Morgan fingerprint density at radius 1 is 1.32 bits per heavy atom. The fourth-order valence-electron chi connectivity index (χ4n) is 4.87. The fraction of sp³-hybridized carbons (Fsp3) is 0.722. The van der Waals surface area contributed by atoms with Gasteiger partial charge >= 0.3 is 0 Å². The summed E-state index contributed by atoms with van der Waals surface area (Å²) in [5.41, 5.74) is 0. The third-order valence-electron chi connectivity index (χ3n) is 5.90. The third kappa shape index (κ3) is 3.35. The van der Waals surface area contributed by atoms with Crippen LogP contribution in [-0.2, 0) is 20.1 Å². The molecular formula is C18H29N7. The molecule has 0 N–H and O–H groups in total. The van der Waals surface area contributed by atoms with E-state index in [1.54, 1.807) is 6.33 Å². The van der Waals surface area contributed by atoms with Gasteiger partial charge in [-0.1, -0.05) is 0 Å². The zero-order valence-electron chi connectivity index (χ0n) is 15.5. The summed E-state index contributed by atoms with van der Waals surface area (Å²) in [7, 11) is 2.08. The number of likely N-dealkylation sites (tertiary alicyclic amines) is 2. The molecule has 2 aromatic rings. The number of nitrogens with zero attached hydrogens (tertiary/aromatic N) is 7. The van der Waals surface area contributed by atoms with Crippen LogP contribution < -0.4 is 0 Å². The van der Waals surface area contributed by atoms with Crippen molar-refractivity contribution in [2.24, 2.45) is 13.0 Å². The second-order valence-electron chi connectivity index (χ2n) is 7.85. The van der Waals surface area contributed by atoms with E-state index in [0.717, 1.165) is 31.4 Å². The highest BCUT2D eigenvalue weighted by atomic mass is 15.4. The second kappa shape index (κ2) is 6.88. The van der Waals surface area contributed by atoms with Crippen LogP contribution in [0.5, 0.6) is 0 Å². The maximum absolute atomic E-state index is 4.50. The molecule has 2 aromatic heterocycles. The molecule has 2 aliphatic heterocycles. The number of rotatable bonds is 5. The molecule has 0 amide bonds. The summed E-state index contributed by atoms with van der Waals surface area (Å²) in [6.45, 7) is 8.91. The van der Waals surface area contributed by atoms with Gasteiger partial charge in [0.25, 0.3) is 0 Å². The molecule has 4 heterocycles. The Morgan fingerprint density at radius 3 is 2.88 bits per heavy atom. The molecule has 0 unspecified atom stereocenters. The molecule has 3 atom stereocenters. The Labute approximate surface area is 149 Å². The van der Waals surface area contributed by atoms with Gasteiger partial charge in [0.05, 0.1) is 13.1 Å². The Kier molecular flexibility index (Phi) is 4.60. The zero-order chi connectivity index (χ0) is 17.4. The molecule has 0 spiro atoms. The first-order valence-electron chi connectivity index (χ1n) is 9.40. The minimum absolute atomic E-state index is 0.560. The number of fused-ring (bicyclic) bond motifs is 1. The van der Waals surface area contributed by atoms with E-state index in [4.69, 9.17) is 0 Å². The SMILES string of the molecule is CC(C)N1[C@H](Cn2cncn2)C[C@@H]2CN(Cc3nccn3C)CC[C@@H]21. The van der Waals surface area contributed by atoms with Gasteiger partial charge in [0, 0.05) is 50.7 Å². The van der Waals surface area contributed by atoms with Crippen LogP contribution in [-0.4, -0.2) is 65.3 Å². The van der Waals surface area contributed by atoms with Gasteiger partial charge in [-0.3, -0.25) is 14.5 Å². The van der Waals surface area contributed by atoms with E-state index in [1.807, 2.05) is 23.4 Å². The summed E-state index contributed by atoms with van der Waals surface area (Å²) in [6, 6.07) is 1.83. The van der Waals surface area contributed by atoms with Crippen LogP contribution in [0.4, 0.5) is 0 Å². The van der Waals surface area contributed by atoms with Crippen molar-refractivity contribution in [3.63, 3.8) is 0 Å². The van der Waals surface area contributed by atoms with E-state index < -0.39 is 0 Å². The van der Waals surface area contributed by atoms with Gasteiger partial charge in [-0.15, -0.1) is 0 Å².